The smallest absolute Gasteiger partial charge is 0.0583 e. The third-order valence-corrected chi connectivity index (χ3v) is 4.26. The summed E-state index contributed by atoms with van der Waals surface area (Å²) in [6.07, 6.45) is 2.44. The minimum absolute atomic E-state index is 0.279. The average molecular weight is 262 g/mol. The first kappa shape index (κ1) is 14.5. The second-order valence-electron chi connectivity index (χ2n) is 5.78. The predicted octanol–water partition coefficient (Wildman–Crippen LogP) is 2.22. The van der Waals surface area contributed by atoms with Crippen LogP contribution in [0.3, 0.4) is 0 Å². The number of hydrogen-bond donors (Lipinski definition) is 1. The fourth-order valence-corrected chi connectivity index (χ4v) is 2.96. The molecule has 0 aromatic heterocycles. The van der Waals surface area contributed by atoms with E-state index < -0.39 is 0 Å². The van der Waals surface area contributed by atoms with Crippen LogP contribution in [-0.4, -0.2) is 38.3 Å². The number of methoxy groups -OCH3 is 1. The van der Waals surface area contributed by atoms with Crippen LogP contribution in [0.5, 0.6) is 0 Å². The van der Waals surface area contributed by atoms with E-state index in [-0.39, 0.29) is 6.10 Å². The average Bonchev–Trinajstić information content (AvgIpc) is 2.81. The molecule has 19 heavy (non-hydrogen) atoms. The van der Waals surface area contributed by atoms with Crippen LogP contribution in [0.25, 0.3) is 0 Å². The van der Waals surface area contributed by atoms with E-state index in [1.807, 2.05) is 0 Å². The maximum Gasteiger partial charge on any atom is 0.0583 e. The van der Waals surface area contributed by atoms with E-state index in [1.165, 1.54) is 17.5 Å². The highest BCUT2D eigenvalue weighted by molar-refractivity contribution is 5.26. The third-order valence-electron chi connectivity index (χ3n) is 4.26. The van der Waals surface area contributed by atoms with E-state index in [4.69, 9.17) is 10.5 Å². The molecule has 3 nitrogen and oxygen atoms in total. The standard InChI is InChI=1S/C16H26N2O/c1-12(19-3)8-13-4-6-15(7-5-13)16-9-14(10-17)11-18(16)2/h4-7,12,14,16H,8-11,17H2,1-3H3. The molecule has 2 N–H and O–H groups in total. The van der Waals surface area contributed by atoms with Crippen molar-refractivity contribution in [1.29, 1.82) is 0 Å². The van der Waals surface area contributed by atoms with Crippen LogP contribution in [0.2, 0.25) is 0 Å². The van der Waals surface area contributed by atoms with Crippen molar-refractivity contribution in [2.45, 2.75) is 31.9 Å². The lowest BCUT2D eigenvalue weighted by Crippen LogP contribution is -2.20. The molecule has 1 aliphatic rings. The molecule has 1 saturated heterocycles. The highest BCUT2D eigenvalue weighted by Gasteiger charge is 2.29. The minimum atomic E-state index is 0.279. The van der Waals surface area contributed by atoms with Gasteiger partial charge in [-0.25, -0.2) is 0 Å². The molecule has 0 saturated carbocycles. The van der Waals surface area contributed by atoms with Crippen LogP contribution >= 0.6 is 0 Å². The van der Waals surface area contributed by atoms with Gasteiger partial charge in [0.05, 0.1) is 6.10 Å². The lowest BCUT2D eigenvalue weighted by atomic mass is 9.98. The van der Waals surface area contributed by atoms with Crippen molar-refractivity contribution in [1.82, 2.24) is 4.90 Å². The minimum Gasteiger partial charge on any atom is -0.381 e. The lowest BCUT2D eigenvalue weighted by Gasteiger charge is -2.20. The Balaban J connectivity index is 2.02. The molecular formula is C16H26N2O. The van der Waals surface area contributed by atoms with Crippen molar-refractivity contribution >= 4 is 0 Å². The Bertz CT molecular complexity index is 390. The Hall–Kier alpha value is -0.900. The lowest BCUT2D eigenvalue weighted by molar-refractivity contribution is 0.119. The molecule has 1 heterocycles. The van der Waals surface area contributed by atoms with Crippen LogP contribution < -0.4 is 5.73 Å². The Kier molecular flexibility index (Phi) is 4.97. The normalized spacial score (nSPS) is 25.7. The quantitative estimate of drug-likeness (QED) is 0.884. The Morgan fingerprint density at radius 2 is 2.05 bits per heavy atom. The zero-order valence-electron chi connectivity index (χ0n) is 12.3. The first-order valence-corrected chi connectivity index (χ1v) is 7.16. The fourth-order valence-electron chi connectivity index (χ4n) is 2.96. The van der Waals surface area contributed by atoms with Gasteiger partial charge in [0.25, 0.3) is 0 Å². The van der Waals surface area contributed by atoms with E-state index in [0.29, 0.717) is 12.0 Å². The molecule has 3 heteroatoms. The molecule has 0 bridgehead atoms. The van der Waals surface area contributed by atoms with Gasteiger partial charge >= 0.3 is 0 Å². The van der Waals surface area contributed by atoms with Gasteiger partial charge in [-0.2, -0.15) is 0 Å². The van der Waals surface area contributed by atoms with Gasteiger partial charge in [0.1, 0.15) is 0 Å². The fraction of sp³-hybridized carbons (Fsp3) is 0.625. The third kappa shape index (κ3) is 3.56. The van der Waals surface area contributed by atoms with Crippen LogP contribution in [0, 0.1) is 5.92 Å². The molecule has 1 fully saturated rings. The first-order valence-electron chi connectivity index (χ1n) is 7.16. The number of hydrogen-bond acceptors (Lipinski definition) is 3. The topological polar surface area (TPSA) is 38.5 Å². The summed E-state index contributed by atoms with van der Waals surface area (Å²) in [5.41, 5.74) is 8.54. The molecule has 1 aliphatic heterocycles. The zero-order valence-corrected chi connectivity index (χ0v) is 12.3. The largest absolute Gasteiger partial charge is 0.381 e. The Labute approximate surface area is 116 Å². The Morgan fingerprint density at radius 1 is 1.37 bits per heavy atom. The molecule has 1 aromatic carbocycles. The number of ether oxygens (including phenoxy) is 1. The highest BCUT2D eigenvalue weighted by atomic mass is 16.5. The van der Waals surface area contributed by atoms with Crippen LogP contribution in [-0.2, 0) is 11.2 Å². The predicted molar refractivity (Wildman–Crippen MR) is 79.1 cm³/mol. The summed E-state index contributed by atoms with van der Waals surface area (Å²) in [6.45, 7) is 4.01. The van der Waals surface area contributed by atoms with Gasteiger partial charge in [0.2, 0.25) is 0 Å². The summed E-state index contributed by atoms with van der Waals surface area (Å²) in [4.78, 5) is 2.42. The number of nitrogens with zero attached hydrogens (tertiary/aromatic N) is 1. The SMILES string of the molecule is COC(C)Cc1ccc(C2CC(CN)CN2C)cc1. The maximum absolute atomic E-state index is 5.79. The van der Waals surface area contributed by atoms with E-state index >= 15 is 0 Å². The van der Waals surface area contributed by atoms with Crippen molar-refractivity contribution in [2.24, 2.45) is 11.7 Å². The van der Waals surface area contributed by atoms with E-state index in [9.17, 15) is 0 Å². The Morgan fingerprint density at radius 3 is 2.58 bits per heavy atom. The van der Waals surface area contributed by atoms with Crippen molar-refractivity contribution in [3.8, 4) is 0 Å². The second-order valence-corrected chi connectivity index (χ2v) is 5.78. The summed E-state index contributed by atoms with van der Waals surface area (Å²) >= 11 is 0. The van der Waals surface area contributed by atoms with Crippen molar-refractivity contribution in [3.63, 3.8) is 0 Å². The number of rotatable bonds is 5. The molecule has 0 radical (unpaired) electrons. The summed E-state index contributed by atoms with van der Waals surface area (Å²) in [7, 11) is 3.96. The van der Waals surface area contributed by atoms with Crippen LogP contribution in [0.4, 0.5) is 0 Å². The molecule has 106 valence electrons. The van der Waals surface area contributed by atoms with Gasteiger partial charge in [0.15, 0.2) is 0 Å². The molecule has 3 unspecified atom stereocenters. The molecule has 3 atom stereocenters. The number of nitrogens with two attached hydrogens (primary N) is 1. The molecule has 2 rings (SSSR count). The summed E-state index contributed by atoms with van der Waals surface area (Å²) < 4.78 is 5.31. The second kappa shape index (κ2) is 6.51. The number of likely N-dealkylation sites (tertiary alicyclic amines) is 1. The van der Waals surface area contributed by atoms with E-state index in [1.54, 1.807) is 7.11 Å². The van der Waals surface area contributed by atoms with Gasteiger partial charge in [-0.15, -0.1) is 0 Å². The van der Waals surface area contributed by atoms with Crippen LogP contribution in [0.1, 0.15) is 30.5 Å². The van der Waals surface area contributed by atoms with Crippen molar-refractivity contribution in [2.75, 3.05) is 27.2 Å². The highest BCUT2D eigenvalue weighted by Crippen LogP contribution is 2.33. The monoisotopic (exact) mass is 262 g/mol. The van der Waals surface area contributed by atoms with Crippen molar-refractivity contribution < 1.29 is 4.74 Å². The van der Waals surface area contributed by atoms with Crippen molar-refractivity contribution in [3.05, 3.63) is 35.4 Å². The van der Waals surface area contributed by atoms with Gasteiger partial charge in [0, 0.05) is 19.7 Å². The maximum atomic E-state index is 5.79. The number of benzene rings is 1. The molecule has 0 spiro atoms. The molecule has 0 amide bonds. The van der Waals surface area contributed by atoms with E-state index in [2.05, 4.69) is 43.1 Å². The molecular weight excluding hydrogens is 236 g/mol. The van der Waals surface area contributed by atoms with Crippen LogP contribution in [0.15, 0.2) is 24.3 Å². The first-order chi connectivity index (χ1) is 9.13. The van der Waals surface area contributed by atoms with Gasteiger partial charge in [-0.3, -0.25) is 4.90 Å². The van der Waals surface area contributed by atoms with Gasteiger partial charge in [-0.1, -0.05) is 24.3 Å². The summed E-state index contributed by atoms with van der Waals surface area (Å²) in [5.74, 6) is 0.642. The van der Waals surface area contributed by atoms with E-state index in [0.717, 1.165) is 19.5 Å². The zero-order chi connectivity index (χ0) is 13.8. The van der Waals surface area contributed by atoms with Gasteiger partial charge < -0.3 is 10.5 Å². The molecule has 1 aromatic rings. The summed E-state index contributed by atoms with van der Waals surface area (Å²) in [6, 6.07) is 9.51. The molecule has 0 aliphatic carbocycles. The summed E-state index contributed by atoms with van der Waals surface area (Å²) in [5, 5.41) is 0. The van der Waals surface area contributed by atoms with Gasteiger partial charge in [-0.05, 0) is 50.4 Å².